The van der Waals surface area contributed by atoms with E-state index in [1.165, 1.54) is 24.2 Å². The Morgan fingerprint density at radius 2 is 2.19 bits per heavy atom. The van der Waals surface area contributed by atoms with Crippen molar-refractivity contribution >= 4 is 21.4 Å². The summed E-state index contributed by atoms with van der Waals surface area (Å²) in [6, 6.07) is 4.02. The summed E-state index contributed by atoms with van der Waals surface area (Å²) in [5, 5.41) is 9.34. The predicted octanol–water partition coefficient (Wildman–Crippen LogP) is 1.21. The molecule has 2 N–H and O–H groups in total. The molecule has 0 unspecified atom stereocenters. The molecular weight excluding hydrogens is 308 g/mol. The fraction of sp³-hybridized carbons (Fsp3) is 0.462. The molecule has 1 aliphatic carbocycles. The van der Waals surface area contributed by atoms with Crippen molar-refractivity contribution in [1.29, 1.82) is 0 Å². The summed E-state index contributed by atoms with van der Waals surface area (Å²) >= 11 is 1.47. The highest BCUT2D eigenvalue weighted by atomic mass is 32.2. The van der Waals surface area contributed by atoms with E-state index >= 15 is 0 Å². The van der Waals surface area contributed by atoms with Crippen LogP contribution in [0.5, 0.6) is 0 Å². The first kappa shape index (κ1) is 14.7. The van der Waals surface area contributed by atoms with Gasteiger partial charge in [0.25, 0.3) is 0 Å². The number of hydrogen-bond acceptors (Lipinski definition) is 5. The Kier molecular flexibility index (Phi) is 4.12. The molecule has 0 spiro atoms. The first-order chi connectivity index (χ1) is 10.0. The van der Waals surface area contributed by atoms with Crippen LogP contribution in [0.25, 0.3) is 0 Å². The monoisotopic (exact) mass is 326 g/mol. The number of nitrogens with zero attached hydrogens (tertiary/aromatic N) is 2. The van der Waals surface area contributed by atoms with Gasteiger partial charge in [0.15, 0.2) is 0 Å². The number of nitrogens with one attached hydrogen (secondary N) is 2. The third kappa shape index (κ3) is 3.70. The highest BCUT2D eigenvalue weighted by Gasteiger charge is 2.23. The van der Waals surface area contributed by atoms with Gasteiger partial charge in [0.05, 0.1) is 17.1 Å². The third-order valence-electron chi connectivity index (χ3n) is 3.33. The minimum atomic E-state index is -3.49. The highest BCUT2D eigenvalue weighted by molar-refractivity contribution is 7.89. The van der Waals surface area contributed by atoms with E-state index in [1.807, 2.05) is 5.38 Å². The lowest BCUT2D eigenvalue weighted by molar-refractivity contribution is 0.577. The Hall–Kier alpha value is -1.22. The van der Waals surface area contributed by atoms with E-state index in [2.05, 4.69) is 15.1 Å². The summed E-state index contributed by atoms with van der Waals surface area (Å²) in [4.78, 5) is 1.23. The molecule has 2 aromatic heterocycles. The normalized spacial score (nSPS) is 15.5. The lowest BCUT2D eigenvalue weighted by Crippen LogP contribution is -2.25. The molecule has 2 aromatic rings. The van der Waals surface area contributed by atoms with Crippen LogP contribution >= 0.6 is 11.3 Å². The zero-order chi connectivity index (χ0) is 14.9. The van der Waals surface area contributed by atoms with Crippen LogP contribution in [-0.2, 0) is 30.2 Å². The second-order valence-electron chi connectivity index (χ2n) is 5.17. The van der Waals surface area contributed by atoms with E-state index in [9.17, 15) is 8.42 Å². The molecule has 6 nitrogen and oxygen atoms in total. The van der Waals surface area contributed by atoms with Gasteiger partial charge < -0.3 is 5.32 Å². The molecule has 3 rings (SSSR count). The Bertz CT molecular complexity index is 716. The zero-order valence-corrected chi connectivity index (χ0v) is 13.4. The summed E-state index contributed by atoms with van der Waals surface area (Å²) < 4.78 is 29.0. The minimum absolute atomic E-state index is 0.203. The lowest BCUT2D eigenvalue weighted by atomic mass is 10.4. The van der Waals surface area contributed by atoms with Gasteiger partial charge >= 0.3 is 0 Å². The topological polar surface area (TPSA) is 76.0 Å². The van der Waals surface area contributed by atoms with E-state index in [0.29, 0.717) is 23.2 Å². The van der Waals surface area contributed by atoms with Gasteiger partial charge in [-0.3, -0.25) is 4.68 Å². The van der Waals surface area contributed by atoms with Crippen LogP contribution in [-0.4, -0.2) is 24.2 Å². The van der Waals surface area contributed by atoms with Gasteiger partial charge in [0.1, 0.15) is 0 Å². The van der Waals surface area contributed by atoms with Crippen LogP contribution in [0, 0.1) is 0 Å². The number of thiophene rings is 1. The van der Waals surface area contributed by atoms with E-state index in [-0.39, 0.29) is 6.54 Å². The van der Waals surface area contributed by atoms with Crippen molar-refractivity contribution in [2.45, 2.75) is 36.9 Å². The van der Waals surface area contributed by atoms with Gasteiger partial charge in [-0.25, -0.2) is 13.1 Å². The van der Waals surface area contributed by atoms with Crippen molar-refractivity contribution in [3.63, 3.8) is 0 Å². The van der Waals surface area contributed by atoms with Crippen LogP contribution < -0.4 is 10.0 Å². The van der Waals surface area contributed by atoms with E-state index < -0.39 is 10.0 Å². The molecule has 0 bridgehead atoms. The Morgan fingerprint density at radius 1 is 1.38 bits per heavy atom. The second kappa shape index (κ2) is 5.88. The number of aromatic nitrogens is 2. The van der Waals surface area contributed by atoms with Crippen molar-refractivity contribution in [1.82, 2.24) is 19.8 Å². The smallest absolute Gasteiger partial charge is 0.242 e. The van der Waals surface area contributed by atoms with Crippen LogP contribution in [0.1, 0.15) is 23.4 Å². The van der Waals surface area contributed by atoms with Gasteiger partial charge in [-0.2, -0.15) is 5.10 Å². The van der Waals surface area contributed by atoms with Crippen LogP contribution in [0.15, 0.2) is 28.6 Å². The first-order valence-corrected chi connectivity index (χ1v) is 9.19. The Balaban J connectivity index is 1.67. The van der Waals surface area contributed by atoms with Gasteiger partial charge in [-0.1, -0.05) is 0 Å². The molecule has 0 saturated heterocycles. The molecule has 1 aliphatic rings. The molecule has 0 radical (unpaired) electrons. The Morgan fingerprint density at radius 3 is 2.86 bits per heavy atom. The minimum Gasteiger partial charge on any atom is -0.309 e. The van der Waals surface area contributed by atoms with Crippen LogP contribution in [0.4, 0.5) is 0 Å². The largest absolute Gasteiger partial charge is 0.309 e. The van der Waals surface area contributed by atoms with Crippen molar-refractivity contribution in [2.75, 3.05) is 0 Å². The highest BCUT2D eigenvalue weighted by Crippen LogP contribution is 2.24. The maximum absolute atomic E-state index is 12.4. The SMILES string of the molecule is Cn1ccc(CNS(=O)(=O)c2ccsc2CNC2CC2)n1. The molecule has 0 amide bonds. The lowest BCUT2D eigenvalue weighted by Gasteiger charge is -2.07. The number of hydrogen-bond donors (Lipinski definition) is 2. The molecule has 2 heterocycles. The molecule has 1 saturated carbocycles. The van der Waals surface area contributed by atoms with E-state index in [1.54, 1.807) is 30.1 Å². The Labute approximate surface area is 128 Å². The van der Waals surface area contributed by atoms with Gasteiger partial charge in [0, 0.05) is 30.7 Å². The van der Waals surface area contributed by atoms with Crippen LogP contribution in [0.3, 0.4) is 0 Å². The summed E-state index contributed by atoms with van der Waals surface area (Å²) in [7, 11) is -1.69. The molecule has 114 valence electrons. The summed E-state index contributed by atoms with van der Waals surface area (Å²) in [5.41, 5.74) is 0.703. The molecule has 0 atom stereocenters. The molecule has 0 aliphatic heterocycles. The predicted molar refractivity (Wildman–Crippen MR) is 81.4 cm³/mol. The van der Waals surface area contributed by atoms with Crippen molar-refractivity contribution in [3.8, 4) is 0 Å². The molecule has 21 heavy (non-hydrogen) atoms. The van der Waals surface area contributed by atoms with Crippen LogP contribution in [0.2, 0.25) is 0 Å². The number of sulfonamides is 1. The second-order valence-corrected chi connectivity index (χ2v) is 7.90. The third-order valence-corrected chi connectivity index (χ3v) is 5.87. The fourth-order valence-electron chi connectivity index (χ4n) is 2.03. The molecule has 1 fully saturated rings. The number of rotatable bonds is 7. The maximum atomic E-state index is 12.4. The molecular formula is C13H18N4O2S2. The average Bonchev–Trinajstić information content (AvgIpc) is 2.97. The van der Waals surface area contributed by atoms with Gasteiger partial charge in [-0.05, 0) is 30.4 Å². The van der Waals surface area contributed by atoms with Crippen molar-refractivity contribution in [3.05, 3.63) is 34.3 Å². The van der Waals surface area contributed by atoms with Crippen molar-refractivity contribution < 1.29 is 8.42 Å². The summed E-state index contributed by atoms with van der Waals surface area (Å²) in [6.45, 7) is 0.816. The summed E-state index contributed by atoms with van der Waals surface area (Å²) in [6.07, 6.45) is 4.16. The van der Waals surface area contributed by atoms with E-state index in [4.69, 9.17) is 0 Å². The summed E-state index contributed by atoms with van der Waals surface area (Å²) in [5.74, 6) is 0. The van der Waals surface area contributed by atoms with Gasteiger partial charge in [-0.15, -0.1) is 11.3 Å². The molecule has 8 heteroatoms. The zero-order valence-electron chi connectivity index (χ0n) is 11.7. The van der Waals surface area contributed by atoms with Crippen molar-refractivity contribution in [2.24, 2.45) is 7.05 Å². The fourth-order valence-corrected chi connectivity index (χ4v) is 4.42. The average molecular weight is 326 g/mol. The number of aryl methyl sites for hydroxylation is 1. The van der Waals surface area contributed by atoms with E-state index in [0.717, 1.165) is 4.88 Å². The molecule has 0 aromatic carbocycles. The first-order valence-electron chi connectivity index (χ1n) is 6.82. The quantitative estimate of drug-likeness (QED) is 0.802. The maximum Gasteiger partial charge on any atom is 0.242 e. The van der Waals surface area contributed by atoms with Gasteiger partial charge in [0.2, 0.25) is 10.0 Å². The standard InChI is InChI=1S/C13H18N4O2S2/c1-17-6-4-11(16-17)8-15-21(18,19)13-5-7-20-12(13)9-14-10-2-3-10/h4-7,10,14-15H,2-3,8-9H2,1H3.